The Hall–Kier alpha value is -0.990. The summed E-state index contributed by atoms with van der Waals surface area (Å²) >= 11 is 0. The number of hydrogen-bond donors (Lipinski definition) is 2. The maximum Gasteiger partial charge on any atom is 0.472 e. The molecule has 3 N–H and O–H groups in total. The average Bonchev–Trinajstić information content (AvgIpc) is 3.10. The Bertz CT molecular complexity index is 844. The molecule has 0 heterocycles. The predicted molar refractivity (Wildman–Crippen MR) is 211 cm³/mol. The number of rotatable bonds is 39. The Kier molecular flexibility index (Phi) is 35.3. The molecule has 0 aliphatic carbocycles. The van der Waals surface area contributed by atoms with Crippen molar-refractivity contribution in [2.75, 3.05) is 26.4 Å². The number of carbonyl (C=O) groups excluding carboxylic acids is 2. The number of phosphoric acid groups is 1. The third-order valence-corrected chi connectivity index (χ3v) is 10.8. The lowest BCUT2D eigenvalue weighted by molar-refractivity contribution is -0.161. The summed E-state index contributed by atoms with van der Waals surface area (Å²) < 4.78 is 32.8. The van der Waals surface area contributed by atoms with Gasteiger partial charge in [0.05, 0.1) is 13.2 Å². The van der Waals surface area contributed by atoms with Gasteiger partial charge in [0.15, 0.2) is 6.10 Å². The van der Waals surface area contributed by atoms with Crippen molar-refractivity contribution in [1.29, 1.82) is 0 Å². The summed E-state index contributed by atoms with van der Waals surface area (Å²) in [6.07, 6.45) is 31.3. The third kappa shape index (κ3) is 35.8. The van der Waals surface area contributed by atoms with Gasteiger partial charge in [-0.2, -0.15) is 0 Å². The normalized spacial score (nSPS) is 14.5. The Morgan fingerprint density at radius 3 is 1.39 bits per heavy atom. The Morgan fingerprint density at radius 2 is 0.961 bits per heavy atom. The third-order valence-electron chi connectivity index (χ3n) is 9.78. The quantitative estimate of drug-likeness (QED) is 0.0358. The molecule has 51 heavy (non-hydrogen) atoms. The Morgan fingerprint density at radius 1 is 0.569 bits per heavy atom. The van der Waals surface area contributed by atoms with Crippen LogP contribution in [-0.2, 0) is 32.7 Å². The van der Waals surface area contributed by atoms with E-state index in [1.54, 1.807) is 0 Å². The van der Waals surface area contributed by atoms with Gasteiger partial charge in [0.25, 0.3) is 0 Å². The van der Waals surface area contributed by atoms with Crippen molar-refractivity contribution in [3.05, 3.63) is 0 Å². The minimum absolute atomic E-state index is 0.0559. The van der Waals surface area contributed by atoms with E-state index in [1.165, 1.54) is 122 Å². The number of carbonyl (C=O) groups is 2. The van der Waals surface area contributed by atoms with Crippen molar-refractivity contribution < 1.29 is 37.6 Å². The number of phosphoric ester groups is 1. The van der Waals surface area contributed by atoms with E-state index in [0.29, 0.717) is 6.42 Å². The summed E-state index contributed by atoms with van der Waals surface area (Å²) in [5, 5.41) is 0. The van der Waals surface area contributed by atoms with Crippen molar-refractivity contribution >= 4 is 19.8 Å². The van der Waals surface area contributed by atoms with E-state index in [-0.39, 0.29) is 38.6 Å². The number of ether oxygens (including phenoxy) is 2. The largest absolute Gasteiger partial charge is 0.472 e. The van der Waals surface area contributed by atoms with E-state index in [1.807, 2.05) is 0 Å². The van der Waals surface area contributed by atoms with Gasteiger partial charge in [-0.15, -0.1) is 0 Å². The maximum absolute atomic E-state index is 12.6. The summed E-state index contributed by atoms with van der Waals surface area (Å²) in [5.74, 6) is 0.670. The van der Waals surface area contributed by atoms with Crippen molar-refractivity contribution in [3.8, 4) is 0 Å². The molecule has 0 aliphatic heterocycles. The first-order valence-corrected chi connectivity index (χ1v) is 22.8. The summed E-state index contributed by atoms with van der Waals surface area (Å²) in [7, 11) is -4.37. The van der Waals surface area contributed by atoms with Crippen LogP contribution >= 0.6 is 7.82 Å². The van der Waals surface area contributed by atoms with E-state index < -0.39 is 26.5 Å². The SMILES string of the molecule is CCCCCCCCCC(C)CCCCCCC(=O)OC[C@H](COP(=O)(O)OCCN)OC(=O)CCCCCCC(C)CCCCCCCCC. The van der Waals surface area contributed by atoms with Gasteiger partial charge < -0.3 is 20.1 Å². The molecule has 0 rings (SSSR count). The topological polar surface area (TPSA) is 134 Å². The second-order valence-electron chi connectivity index (χ2n) is 15.1. The van der Waals surface area contributed by atoms with Crippen LogP contribution in [0.1, 0.15) is 207 Å². The van der Waals surface area contributed by atoms with Crippen LogP contribution in [0.25, 0.3) is 0 Å². The highest BCUT2D eigenvalue weighted by Crippen LogP contribution is 2.43. The Labute approximate surface area is 314 Å². The summed E-state index contributed by atoms with van der Waals surface area (Å²) in [6.45, 7) is 8.44. The molecule has 3 unspecified atom stereocenters. The molecule has 0 fully saturated rings. The molecule has 0 saturated heterocycles. The fraction of sp³-hybridized carbons (Fsp3) is 0.951. The van der Waals surface area contributed by atoms with Crippen LogP contribution < -0.4 is 5.73 Å². The van der Waals surface area contributed by atoms with Crippen LogP contribution in [0.5, 0.6) is 0 Å². The zero-order chi connectivity index (χ0) is 37.8. The zero-order valence-corrected chi connectivity index (χ0v) is 34.6. The predicted octanol–water partition coefficient (Wildman–Crippen LogP) is 11.8. The fourth-order valence-corrected chi connectivity index (χ4v) is 7.19. The standard InChI is InChI=1S/C41H82NO8P/c1-5-7-9-11-13-15-21-27-37(3)29-23-17-19-25-31-40(43)47-35-39(36-49-51(45,46)48-34-33-42)50-41(44)32-26-20-18-24-30-38(4)28-22-16-14-12-10-8-6-2/h37-39H,5-36,42H2,1-4H3,(H,45,46)/t37?,38?,39-/m1/s1. The van der Waals surface area contributed by atoms with Crippen molar-refractivity contribution in [2.45, 2.75) is 214 Å². The Balaban J connectivity index is 4.29. The molecular formula is C41H82NO8P. The minimum Gasteiger partial charge on any atom is -0.462 e. The first kappa shape index (κ1) is 50.0. The van der Waals surface area contributed by atoms with Crippen LogP contribution in [-0.4, -0.2) is 49.3 Å². The van der Waals surface area contributed by atoms with Crippen LogP contribution in [0, 0.1) is 11.8 Å². The van der Waals surface area contributed by atoms with E-state index in [0.717, 1.165) is 50.4 Å². The smallest absolute Gasteiger partial charge is 0.462 e. The van der Waals surface area contributed by atoms with Crippen molar-refractivity contribution in [1.82, 2.24) is 0 Å². The molecule has 0 radical (unpaired) electrons. The van der Waals surface area contributed by atoms with Crippen LogP contribution in [0.15, 0.2) is 0 Å². The highest BCUT2D eigenvalue weighted by Gasteiger charge is 2.26. The van der Waals surface area contributed by atoms with Gasteiger partial charge in [-0.25, -0.2) is 4.57 Å². The van der Waals surface area contributed by atoms with Gasteiger partial charge in [0.1, 0.15) is 6.61 Å². The molecule has 0 spiro atoms. The summed E-state index contributed by atoms with van der Waals surface area (Å²) in [5.41, 5.74) is 5.35. The molecule has 9 nitrogen and oxygen atoms in total. The van der Waals surface area contributed by atoms with Gasteiger partial charge in [-0.3, -0.25) is 18.6 Å². The van der Waals surface area contributed by atoms with Crippen molar-refractivity contribution in [2.24, 2.45) is 17.6 Å². The van der Waals surface area contributed by atoms with E-state index in [2.05, 4.69) is 27.7 Å². The number of nitrogens with two attached hydrogens (primary N) is 1. The molecule has 0 aliphatic rings. The number of hydrogen-bond acceptors (Lipinski definition) is 8. The maximum atomic E-state index is 12.6. The first-order chi connectivity index (χ1) is 24.6. The molecular weight excluding hydrogens is 665 g/mol. The molecule has 10 heteroatoms. The van der Waals surface area contributed by atoms with E-state index >= 15 is 0 Å². The lowest BCUT2D eigenvalue weighted by Gasteiger charge is -2.20. The number of esters is 2. The lowest BCUT2D eigenvalue weighted by Crippen LogP contribution is -2.29. The zero-order valence-electron chi connectivity index (χ0n) is 33.7. The second-order valence-corrected chi connectivity index (χ2v) is 16.6. The molecule has 0 aromatic carbocycles. The van der Waals surface area contributed by atoms with E-state index in [9.17, 15) is 19.0 Å². The molecule has 0 aromatic heterocycles. The molecule has 0 saturated carbocycles. The van der Waals surface area contributed by atoms with Crippen molar-refractivity contribution in [3.63, 3.8) is 0 Å². The van der Waals surface area contributed by atoms with Crippen LogP contribution in [0.2, 0.25) is 0 Å². The van der Waals surface area contributed by atoms with Gasteiger partial charge in [-0.05, 0) is 24.7 Å². The highest BCUT2D eigenvalue weighted by atomic mass is 31.2. The van der Waals surface area contributed by atoms with Crippen LogP contribution in [0.3, 0.4) is 0 Å². The monoisotopic (exact) mass is 748 g/mol. The molecule has 0 amide bonds. The molecule has 304 valence electrons. The average molecular weight is 748 g/mol. The van der Waals surface area contributed by atoms with Crippen LogP contribution in [0.4, 0.5) is 0 Å². The van der Waals surface area contributed by atoms with Gasteiger partial charge in [0, 0.05) is 19.4 Å². The molecule has 0 bridgehead atoms. The summed E-state index contributed by atoms with van der Waals surface area (Å²) in [6, 6.07) is 0. The molecule has 4 atom stereocenters. The highest BCUT2D eigenvalue weighted by molar-refractivity contribution is 7.47. The van der Waals surface area contributed by atoms with Gasteiger partial charge in [-0.1, -0.05) is 182 Å². The van der Waals surface area contributed by atoms with E-state index in [4.69, 9.17) is 24.3 Å². The lowest BCUT2D eigenvalue weighted by atomic mass is 9.96. The van der Waals surface area contributed by atoms with Gasteiger partial charge in [0.2, 0.25) is 0 Å². The fourth-order valence-electron chi connectivity index (χ4n) is 6.42. The minimum atomic E-state index is -4.37. The first-order valence-electron chi connectivity index (χ1n) is 21.3. The molecule has 0 aromatic rings. The summed E-state index contributed by atoms with van der Waals surface area (Å²) in [4.78, 5) is 34.9. The van der Waals surface area contributed by atoms with Gasteiger partial charge >= 0.3 is 19.8 Å². The number of unbranched alkanes of at least 4 members (excludes halogenated alkanes) is 18. The second kappa shape index (κ2) is 36.0.